The molecule has 9 nitrogen and oxygen atoms in total. The summed E-state index contributed by atoms with van der Waals surface area (Å²) in [6, 6.07) is 11.6. The van der Waals surface area contributed by atoms with Crippen LogP contribution in [0.15, 0.2) is 48.8 Å². The Bertz CT molecular complexity index is 518. The Labute approximate surface area is 148 Å². The van der Waals surface area contributed by atoms with Crippen LogP contribution in [0.5, 0.6) is 0 Å². The van der Waals surface area contributed by atoms with Gasteiger partial charge in [-0.05, 0) is 24.3 Å². The molecule has 0 saturated heterocycles. The molecule has 2 aromatic heterocycles. The predicted octanol–water partition coefficient (Wildman–Crippen LogP) is -3.31. The van der Waals surface area contributed by atoms with E-state index in [1.165, 1.54) is 0 Å². The summed E-state index contributed by atoms with van der Waals surface area (Å²) in [4.78, 5) is 27.6. The molecule has 10 heteroatoms. The van der Waals surface area contributed by atoms with Crippen LogP contribution in [0.25, 0.3) is 11.4 Å². The Morgan fingerprint density at radius 3 is 1.38 bits per heavy atom. The minimum Gasteiger partial charge on any atom is -0.549 e. The van der Waals surface area contributed by atoms with Gasteiger partial charge in [-0.3, -0.25) is 9.97 Å². The van der Waals surface area contributed by atoms with Gasteiger partial charge in [0.25, 0.3) is 0 Å². The molecule has 0 unspecified atom stereocenters. The van der Waals surface area contributed by atoms with Crippen molar-refractivity contribution in [2.24, 2.45) is 5.92 Å². The van der Waals surface area contributed by atoms with Crippen LogP contribution in [-0.4, -0.2) is 32.9 Å². The van der Waals surface area contributed by atoms with Gasteiger partial charge < -0.3 is 36.2 Å². The van der Waals surface area contributed by atoms with Crippen LogP contribution in [-0.2, 0) is 32.1 Å². The van der Waals surface area contributed by atoms with E-state index in [2.05, 4.69) is 9.97 Å². The summed E-state index contributed by atoms with van der Waals surface area (Å²) in [5, 5.41) is 19.2. The predicted molar refractivity (Wildman–Crippen MR) is 78.7 cm³/mol. The summed E-state index contributed by atoms with van der Waals surface area (Å²) in [5.74, 6) is -4.76. The van der Waals surface area contributed by atoms with Gasteiger partial charge in [0, 0.05) is 30.3 Å². The SMILES string of the molecule is CC(C(=O)[O-])C(=O)[O-].O.O.[Cu+2].[OH3+].c1ccc(-c2ccccn2)nc1. The number of carbonyl (C=O) groups is 2. The molecule has 0 aliphatic carbocycles. The number of aromatic nitrogens is 2. The molecule has 1 radical (unpaired) electrons. The average Bonchev–Trinajstić information content (AvgIpc) is 2.48. The maximum Gasteiger partial charge on any atom is 2.00 e. The molecule has 2 aromatic rings. The minimum absolute atomic E-state index is 0. The van der Waals surface area contributed by atoms with E-state index in [1.807, 2.05) is 36.4 Å². The first-order chi connectivity index (χ1) is 9.52. The summed E-state index contributed by atoms with van der Waals surface area (Å²) < 4.78 is 0. The van der Waals surface area contributed by atoms with Crippen LogP contribution in [0, 0.1) is 5.92 Å². The van der Waals surface area contributed by atoms with E-state index in [4.69, 9.17) is 0 Å². The fraction of sp³-hybridized carbons (Fsp3) is 0.143. The number of carboxylic acid groups (broad SMARTS) is 2. The Morgan fingerprint density at radius 1 is 0.875 bits per heavy atom. The summed E-state index contributed by atoms with van der Waals surface area (Å²) in [5.41, 5.74) is 1.83. The maximum atomic E-state index is 9.61. The molecule has 0 aliphatic rings. The molecule has 2 rings (SSSR count). The first-order valence-electron chi connectivity index (χ1n) is 5.76. The van der Waals surface area contributed by atoms with Crippen molar-refractivity contribution >= 4 is 11.9 Å². The zero-order valence-corrected chi connectivity index (χ0v) is 13.5. The van der Waals surface area contributed by atoms with Gasteiger partial charge in [0.1, 0.15) is 0 Å². The van der Waals surface area contributed by atoms with Crippen LogP contribution < -0.4 is 10.2 Å². The molecule has 137 valence electrons. The third kappa shape index (κ3) is 10.4. The van der Waals surface area contributed by atoms with E-state index < -0.39 is 17.9 Å². The Balaban J connectivity index is -0.000000152. The second kappa shape index (κ2) is 15.5. The number of aliphatic carboxylic acids is 2. The first-order valence-corrected chi connectivity index (χ1v) is 5.76. The van der Waals surface area contributed by atoms with E-state index >= 15 is 0 Å². The summed E-state index contributed by atoms with van der Waals surface area (Å²) in [6.07, 6.45) is 3.54. The van der Waals surface area contributed by atoms with Gasteiger partial charge in [0.2, 0.25) is 0 Å². The number of carboxylic acids is 2. The quantitative estimate of drug-likeness (QED) is 0.298. The third-order valence-corrected chi connectivity index (χ3v) is 2.30. The number of rotatable bonds is 3. The van der Waals surface area contributed by atoms with Gasteiger partial charge in [0.05, 0.1) is 11.4 Å². The molecular weight excluding hydrogens is 372 g/mol. The van der Waals surface area contributed by atoms with Crippen molar-refractivity contribution in [1.29, 1.82) is 0 Å². The zero-order chi connectivity index (χ0) is 15.0. The van der Waals surface area contributed by atoms with Crippen LogP contribution in [0.1, 0.15) is 6.92 Å². The molecule has 2 heterocycles. The van der Waals surface area contributed by atoms with Crippen molar-refractivity contribution in [3.63, 3.8) is 0 Å². The van der Waals surface area contributed by atoms with Gasteiger partial charge in [-0.1, -0.05) is 19.1 Å². The van der Waals surface area contributed by atoms with Gasteiger partial charge in [-0.15, -0.1) is 0 Å². The van der Waals surface area contributed by atoms with E-state index in [0.717, 1.165) is 18.3 Å². The number of nitrogens with zero attached hydrogens (tertiary/aromatic N) is 2. The molecule has 0 atom stereocenters. The van der Waals surface area contributed by atoms with Gasteiger partial charge in [0.15, 0.2) is 0 Å². The molecule has 7 N–H and O–H groups in total. The number of carbonyl (C=O) groups excluding carboxylic acids is 2. The summed E-state index contributed by atoms with van der Waals surface area (Å²) in [6.45, 7) is 0.991. The molecule has 0 bridgehead atoms. The smallest absolute Gasteiger partial charge is 0.549 e. The van der Waals surface area contributed by atoms with E-state index in [9.17, 15) is 19.8 Å². The maximum absolute atomic E-state index is 9.61. The second-order valence-corrected chi connectivity index (χ2v) is 3.79. The van der Waals surface area contributed by atoms with Crippen molar-refractivity contribution in [3.8, 4) is 11.4 Å². The average molecular weight is 391 g/mol. The summed E-state index contributed by atoms with van der Waals surface area (Å²) >= 11 is 0. The molecule has 0 saturated carbocycles. The van der Waals surface area contributed by atoms with Gasteiger partial charge >= 0.3 is 17.1 Å². The molecular formula is C14H19CuN2O7+. The molecule has 24 heavy (non-hydrogen) atoms. The topological polar surface area (TPSA) is 202 Å². The van der Waals surface area contributed by atoms with E-state index in [-0.39, 0.29) is 33.5 Å². The third-order valence-electron chi connectivity index (χ3n) is 2.30. The molecule has 0 spiro atoms. The zero-order valence-electron chi connectivity index (χ0n) is 12.6. The van der Waals surface area contributed by atoms with Gasteiger partial charge in [-0.25, -0.2) is 0 Å². The number of pyridine rings is 2. The molecule has 0 aliphatic heterocycles. The van der Waals surface area contributed by atoms with Crippen molar-refractivity contribution in [2.75, 3.05) is 0 Å². The Kier molecular flexibility index (Phi) is 19.2. The first kappa shape index (κ1) is 29.6. The van der Waals surface area contributed by atoms with Crippen molar-refractivity contribution < 1.29 is 53.3 Å². The van der Waals surface area contributed by atoms with Crippen molar-refractivity contribution in [1.82, 2.24) is 9.97 Å². The standard InChI is InChI=1S/C10H8N2.C4H6O4.Cu.3H2O/c1-3-7-11-9(5-1)10-6-2-4-8-12-10;1-2(3(5)6)4(7)8;;;;/h1-8H;2H,1H3,(H,5,6)(H,7,8);;3*1H2/q;;+2;;;/p-1. The van der Waals surface area contributed by atoms with Crippen LogP contribution in [0.3, 0.4) is 0 Å². The Morgan fingerprint density at radius 2 is 1.21 bits per heavy atom. The van der Waals surface area contributed by atoms with Crippen molar-refractivity contribution in [3.05, 3.63) is 48.8 Å². The van der Waals surface area contributed by atoms with Gasteiger partial charge in [-0.2, -0.15) is 0 Å². The molecule has 0 amide bonds. The summed E-state index contributed by atoms with van der Waals surface area (Å²) in [7, 11) is 0. The normalized spacial score (nSPS) is 7.92. The second-order valence-electron chi connectivity index (χ2n) is 3.79. The van der Waals surface area contributed by atoms with Crippen LogP contribution in [0.4, 0.5) is 0 Å². The fourth-order valence-corrected chi connectivity index (χ4v) is 1.12. The molecule has 0 fully saturated rings. The number of hydrogen-bond donors (Lipinski definition) is 0. The van der Waals surface area contributed by atoms with Crippen molar-refractivity contribution in [2.45, 2.75) is 6.92 Å². The Hall–Kier alpha value is -2.36. The largest absolute Gasteiger partial charge is 2.00 e. The monoisotopic (exact) mass is 390 g/mol. The molecule has 0 aromatic carbocycles. The van der Waals surface area contributed by atoms with Crippen LogP contribution >= 0.6 is 0 Å². The van der Waals surface area contributed by atoms with E-state index in [0.29, 0.717) is 0 Å². The van der Waals surface area contributed by atoms with Crippen LogP contribution in [0.2, 0.25) is 0 Å². The number of hydrogen-bond acceptors (Lipinski definition) is 6. The van der Waals surface area contributed by atoms with E-state index in [1.54, 1.807) is 12.4 Å². The minimum atomic E-state index is -1.62. The fourth-order valence-electron chi connectivity index (χ4n) is 1.12.